The molecule has 1 rings (SSSR count). The zero-order valence-electron chi connectivity index (χ0n) is 10.2. The zero-order valence-corrected chi connectivity index (χ0v) is 10.2. The van der Waals surface area contributed by atoms with Gasteiger partial charge in [0.2, 0.25) is 0 Å². The molecule has 86 valence electrons. The Morgan fingerprint density at radius 1 is 1.40 bits per heavy atom. The lowest BCUT2D eigenvalue weighted by Crippen LogP contribution is -2.18. The molecule has 15 heavy (non-hydrogen) atoms. The third-order valence-electron chi connectivity index (χ3n) is 2.52. The first kappa shape index (κ1) is 12.3. The Labute approximate surface area is 92.4 Å². The minimum absolute atomic E-state index is 0.311. The quantitative estimate of drug-likeness (QED) is 0.779. The predicted molar refractivity (Wildman–Crippen MR) is 63.0 cm³/mol. The van der Waals surface area contributed by atoms with Crippen LogP contribution in [0.1, 0.15) is 32.5 Å². The van der Waals surface area contributed by atoms with Gasteiger partial charge in [-0.3, -0.25) is 0 Å². The highest BCUT2D eigenvalue weighted by Crippen LogP contribution is 2.12. The van der Waals surface area contributed by atoms with Crippen LogP contribution in [0.4, 0.5) is 0 Å². The second-order valence-corrected chi connectivity index (χ2v) is 4.06. The Kier molecular flexibility index (Phi) is 4.85. The van der Waals surface area contributed by atoms with Gasteiger partial charge in [-0.1, -0.05) is 0 Å². The summed E-state index contributed by atoms with van der Waals surface area (Å²) in [6.07, 6.45) is 2.41. The Morgan fingerprint density at radius 2 is 2.13 bits per heavy atom. The first-order valence-electron chi connectivity index (χ1n) is 5.59. The SMILES string of the molecule is CNC(C)c1cccn1CCOC(C)C. The Hall–Kier alpha value is -0.800. The Bertz CT molecular complexity index is 281. The van der Waals surface area contributed by atoms with Crippen LogP contribution in [-0.4, -0.2) is 24.3 Å². The molecule has 0 saturated heterocycles. The van der Waals surface area contributed by atoms with Gasteiger partial charge in [0, 0.05) is 24.5 Å². The van der Waals surface area contributed by atoms with Crippen LogP contribution >= 0.6 is 0 Å². The van der Waals surface area contributed by atoms with Gasteiger partial charge < -0.3 is 14.6 Å². The van der Waals surface area contributed by atoms with E-state index in [9.17, 15) is 0 Å². The third-order valence-corrected chi connectivity index (χ3v) is 2.52. The summed E-state index contributed by atoms with van der Waals surface area (Å²) < 4.78 is 7.78. The van der Waals surface area contributed by atoms with Crippen molar-refractivity contribution in [3.05, 3.63) is 24.0 Å². The second-order valence-electron chi connectivity index (χ2n) is 4.06. The molecule has 1 heterocycles. The summed E-state index contributed by atoms with van der Waals surface area (Å²) in [4.78, 5) is 0. The molecule has 3 heteroatoms. The maximum atomic E-state index is 5.54. The highest BCUT2D eigenvalue weighted by Gasteiger charge is 2.07. The van der Waals surface area contributed by atoms with Crippen LogP contribution in [0.25, 0.3) is 0 Å². The van der Waals surface area contributed by atoms with Gasteiger partial charge in [0.05, 0.1) is 12.7 Å². The van der Waals surface area contributed by atoms with Gasteiger partial charge in [-0.25, -0.2) is 0 Å². The molecular weight excluding hydrogens is 188 g/mol. The van der Waals surface area contributed by atoms with E-state index < -0.39 is 0 Å². The van der Waals surface area contributed by atoms with Crippen LogP contribution in [-0.2, 0) is 11.3 Å². The van der Waals surface area contributed by atoms with Gasteiger partial charge in [-0.05, 0) is 40.0 Å². The summed E-state index contributed by atoms with van der Waals surface area (Å²) in [5.74, 6) is 0. The second kappa shape index (κ2) is 5.93. The number of hydrogen-bond donors (Lipinski definition) is 1. The van der Waals surface area contributed by atoms with Crippen molar-refractivity contribution < 1.29 is 4.74 Å². The molecule has 0 spiro atoms. The lowest BCUT2D eigenvalue weighted by Gasteiger charge is -2.15. The van der Waals surface area contributed by atoms with Gasteiger partial charge in [0.25, 0.3) is 0 Å². The summed E-state index contributed by atoms with van der Waals surface area (Å²) >= 11 is 0. The number of nitrogens with zero attached hydrogens (tertiary/aromatic N) is 1. The van der Waals surface area contributed by atoms with Crippen molar-refractivity contribution >= 4 is 0 Å². The van der Waals surface area contributed by atoms with E-state index in [-0.39, 0.29) is 0 Å². The lowest BCUT2D eigenvalue weighted by atomic mass is 10.2. The molecule has 0 radical (unpaired) electrons. The minimum Gasteiger partial charge on any atom is -0.377 e. The van der Waals surface area contributed by atoms with Crippen molar-refractivity contribution in [3.63, 3.8) is 0 Å². The molecule has 1 N–H and O–H groups in total. The fraction of sp³-hybridized carbons (Fsp3) is 0.667. The average Bonchev–Trinajstić information content (AvgIpc) is 2.64. The first-order chi connectivity index (χ1) is 7.15. The van der Waals surface area contributed by atoms with Crippen LogP contribution in [0.2, 0.25) is 0 Å². The molecule has 1 unspecified atom stereocenters. The van der Waals surface area contributed by atoms with Crippen molar-refractivity contribution in [1.82, 2.24) is 9.88 Å². The van der Waals surface area contributed by atoms with Gasteiger partial charge in [0.15, 0.2) is 0 Å². The van der Waals surface area contributed by atoms with Gasteiger partial charge >= 0.3 is 0 Å². The highest BCUT2D eigenvalue weighted by atomic mass is 16.5. The topological polar surface area (TPSA) is 26.2 Å². The maximum absolute atomic E-state index is 5.54. The van der Waals surface area contributed by atoms with E-state index in [1.807, 2.05) is 7.05 Å². The molecule has 0 fully saturated rings. The van der Waals surface area contributed by atoms with Crippen LogP contribution in [0.3, 0.4) is 0 Å². The van der Waals surface area contributed by atoms with Crippen LogP contribution < -0.4 is 5.32 Å². The molecular formula is C12H22N2O. The third kappa shape index (κ3) is 3.68. The first-order valence-corrected chi connectivity index (χ1v) is 5.59. The molecule has 0 aliphatic heterocycles. The fourth-order valence-electron chi connectivity index (χ4n) is 1.56. The lowest BCUT2D eigenvalue weighted by molar-refractivity contribution is 0.0722. The summed E-state index contributed by atoms with van der Waals surface area (Å²) in [7, 11) is 1.98. The van der Waals surface area contributed by atoms with E-state index in [1.54, 1.807) is 0 Å². The summed E-state index contributed by atoms with van der Waals surface area (Å²) in [6, 6.07) is 4.62. The van der Waals surface area contributed by atoms with E-state index in [1.165, 1.54) is 5.69 Å². The zero-order chi connectivity index (χ0) is 11.3. The number of aromatic nitrogens is 1. The van der Waals surface area contributed by atoms with Gasteiger partial charge in [0.1, 0.15) is 0 Å². The Morgan fingerprint density at radius 3 is 2.73 bits per heavy atom. The molecule has 1 atom stereocenters. The summed E-state index contributed by atoms with van der Waals surface area (Å²) in [5, 5.41) is 3.25. The summed E-state index contributed by atoms with van der Waals surface area (Å²) in [6.45, 7) is 7.98. The number of hydrogen-bond acceptors (Lipinski definition) is 2. The van der Waals surface area contributed by atoms with Crippen LogP contribution in [0.5, 0.6) is 0 Å². The van der Waals surface area contributed by atoms with Gasteiger partial charge in [-0.15, -0.1) is 0 Å². The number of rotatable bonds is 6. The number of ether oxygens (including phenoxy) is 1. The average molecular weight is 210 g/mol. The molecule has 0 aliphatic rings. The largest absolute Gasteiger partial charge is 0.377 e. The molecule has 1 aromatic heterocycles. The van der Waals surface area contributed by atoms with Crippen molar-refractivity contribution in [2.75, 3.05) is 13.7 Å². The van der Waals surface area contributed by atoms with Crippen LogP contribution in [0, 0.1) is 0 Å². The smallest absolute Gasteiger partial charge is 0.0649 e. The highest BCUT2D eigenvalue weighted by molar-refractivity contribution is 5.11. The molecule has 3 nitrogen and oxygen atoms in total. The van der Waals surface area contributed by atoms with Crippen molar-refractivity contribution in [2.45, 2.75) is 39.5 Å². The predicted octanol–water partition coefficient (Wildman–Crippen LogP) is 2.19. The minimum atomic E-state index is 0.311. The number of nitrogens with one attached hydrogen (secondary N) is 1. The maximum Gasteiger partial charge on any atom is 0.0649 e. The van der Waals surface area contributed by atoms with Crippen LogP contribution in [0.15, 0.2) is 18.3 Å². The van der Waals surface area contributed by atoms with E-state index in [0.717, 1.165) is 13.2 Å². The molecule has 0 aromatic carbocycles. The van der Waals surface area contributed by atoms with Gasteiger partial charge in [-0.2, -0.15) is 0 Å². The monoisotopic (exact) mass is 210 g/mol. The normalized spacial score (nSPS) is 13.4. The van der Waals surface area contributed by atoms with E-state index in [2.05, 4.69) is 49.0 Å². The van der Waals surface area contributed by atoms with Crippen molar-refractivity contribution in [3.8, 4) is 0 Å². The molecule has 1 aromatic rings. The fourth-order valence-corrected chi connectivity index (χ4v) is 1.56. The Balaban J connectivity index is 2.50. The van der Waals surface area contributed by atoms with Crippen molar-refractivity contribution in [1.29, 1.82) is 0 Å². The molecule has 0 saturated carbocycles. The molecule has 0 aliphatic carbocycles. The van der Waals surface area contributed by atoms with E-state index >= 15 is 0 Å². The standard InChI is InChI=1S/C12H22N2O/c1-10(2)15-9-8-14-7-5-6-12(14)11(3)13-4/h5-7,10-11,13H,8-9H2,1-4H3. The van der Waals surface area contributed by atoms with Crippen molar-refractivity contribution in [2.24, 2.45) is 0 Å². The molecule has 0 amide bonds. The van der Waals surface area contributed by atoms with E-state index in [0.29, 0.717) is 12.1 Å². The molecule has 0 bridgehead atoms. The summed E-state index contributed by atoms with van der Waals surface area (Å²) in [5.41, 5.74) is 1.31. The van der Waals surface area contributed by atoms with E-state index in [4.69, 9.17) is 4.74 Å².